The summed E-state index contributed by atoms with van der Waals surface area (Å²) in [6, 6.07) is 7.89. The van der Waals surface area contributed by atoms with E-state index in [2.05, 4.69) is 12.0 Å². The summed E-state index contributed by atoms with van der Waals surface area (Å²) in [5.41, 5.74) is 0.991. The van der Waals surface area contributed by atoms with E-state index in [4.69, 9.17) is 5.84 Å². The van der Waals surface area contributed by atoms with Crippen LogP contribution in [0.25, 0.3) is 0 Å². The van der Waals surface area contributed by atoms with Gasteiger partial charge >= 0.3 is 6.41 Å². The van der Waals surface area contributed by atoms with Crippen LogP contribution in [0.2, 0.25) is 0 Å². The Morgan fingerprint density at radius 1 is 1.47 bits per heavy atom. The van der Waals surface area contributed by atoms with Gasteiger partial charge in [0.1, 0.15) is 0 Å². The molecular formula is C12H16N3OS+. The van der Waals surface area contributed by atoms with Gasteiger partial charge in [-0.2, -0.15) is 4.48 Å². The van der Waals surface area contributed by atoms with Gasteiger partial charge in [-0.25, -0.2) is 4.79 Å². The molecule has 0 saturated heterocycles. The molecule has 1 unspecified atom stereocenters. The van der Waals surface area contributed by atoms with Crippen LogP contribution in [0.4, 0.5) is 5.69 Å². The molecule has 1 aliphatic heterocycles. The van der Waals surface area contributed by atoms with Gasteiger partial charge < -0.3 is 5.84 Å². The molecule has 2 N–H and O–H groups in total. The number of nitrogens with zero attached hydrogens (tertiary/aromatic N) is 2. The van der Waals surface area contributed by atoms with Gasteiger partial charge in [-0.3, -0.25) is 0 Å². The summed E-state index contributed by atoms with van der Waals surface area (Å²) in [5.74, 6) is 5.43. The summed E-state index contributed by atoms with van der Waals surface area (Å²) in [4.78, 5) is 12.7. The fraction of sp³-hybridized carbons (Fsp3) is 0.333. The number of rotatable bonds is 4. The van der Waals surface area contributed by atoms with E-state index in [0.717, 1.165) is 36.4 Å². The highest BCUT2D eigenvalue weighted by molar-refractivity contribution is 8.14. The van der Waals surface area contributed by atoms with Gasteiger partial charge in [-0.05, 0) is 24.2 Å². The lowest BCUT2D eigenvalue weighted by Crippen LogP contribution is -2.50. The number of thioether (sulfide) groups is 1. The first-order valence-corrected chi connectivity index (χ1v) is 6.50. The fourth-order valence-electron chi connectivity index (χ4n) is 2.06. The lowest BCUT2D eigenvalue weighted by Gasteiger charge is -2.25. The van der Waals surface area contributed by atoms with Crippen molar-refractivity contribution in [2.75, 3.05) is 6.54 Å². The fourth-order valence-corrected chi connectivity index (χ4v) is 3.19. The second kappa shape index (κ2) is 4.89. The van der Waals surface area contributed by atoms with Gasteiger partial charge in [-0.1, -0.05) is 25.5 Å². The molecule has 2 rings (SSSR count). The van der Waals surface area contributed by atoms with E-state index in [1.54, 1.807) is 0 Å². The number of benzene rings is 1. The lowest BCUT2D eigenvalue weighted by atomic mass is 10.2. The van der Waals surface area contributed by atoms with Gasteiger partial charge in [0, 0.05) is 6.07 Å². The number of carbonyl (C=O) groups excluding carboxylic acids is 1. The van der Waals surface area contributed by atoms with Crippen molar-refractivity contribution in [3.63, 3.8) is 0 Å². The van der Waals surface area contributed by atoms with E-state index in [9.17, 15) is 4.79 Å². The van der Waals surface area contributed by atoms with Crippen molar-refractivity contribution < 1.29 is 4.79 Å². The Kier molecular flexibility index (Phi) is 3.49. The van der Waals surface area contributed by atoms with Gasteiger partial charge in [0.2, 0.25) is 0 Å². The number of para-hydroxylation sites is 1. The van der Waals surface area contributed by atoms with E-state index >= 15 is 0 Å². The maximum absolute atomic E-state index is 11.6. The number of quaternary nitrogens is 1. The summed E-state index contributed by atoms with van der Waals surface area (Å²) in [6.45, 7) is 2.83. The molecule has 1 heterocycles. The Morgan fingerprint density at radius 3 is 2.88 bits per heavy atom. The minimum atomic E-state index is 0.144. The molecule has 0 aromatic heterocycles. The first-order chi connectivity index (χ1) is 8.28. The second-order valence-corrected chi connectivity index (χ2v) is 5.04. The van der Waals surface area contributed by atoms with Crippen molar-refractivity contribution in [2.45, 2.75) is 24.7 Å². The zero-order valence-corrected chi connectivity index (χ0v) is 10.6. The van der Waals surface area contributed by atoms with Gasteiger partial charge in [-0.15, -0.1) is 5.10 Å². The minimum Gasteiger partial charge on any atom is -0.317 e. The van der Waals surface area contributed by atoms with Crippen LogP contribution in [0.15, 0.2) is 34.3 Å². The third-order valence-electron chi connectivity index (χ3n) is 2.99. The van der Waals surface area contributed by atoms with E-state index in [-0.39, 0.29) is 4.48 Å². The van der Waals surface area contributed by atoms with Crippen LogP contribution < -0.4 is 10.3 Å². The van der Waals surface area contributed by atoms with Crippen LogP contribution in [0.5, 0.6) is 0 Å². The topological polar surface area (TPSA) is 55.5 Å². The number of amidine groups is 1. The van der Waals surface area contributed by atoms with Gasteiger partial charge in [0.15, 0.2) is 5.69 Å². The summed E-state index contributed by atoms with van der Waals surface area (Å²) in [5, 5.41) is 4.46. The zero-order chi connectivity index (χ0) is 12.3. The summed E-state index contributed by atoms with van der Waals surface area (Å²) in [7, 11) is 0. The molecule has 1 aliphatic rings. The zero-order valence-electron chi connectivity index (χ0n) is 9.80. The Bertz CT molecular complexity index is 461. The molecule has 1 atom stereocenters. The maximum atomic E-state index is 11.6. The SMILES string of the molecule is CCCC[N+]1(C=O)C(=NN)Sc2ccccc21. The molecule has 1 aromatic carbocycles. The maximum Gasteiger partial charge on any atom is 0.313 e. The molecule has 0 aliphatic carbocycles. The predicted molar refractivity (Wildman–Crippen MR) is 71.6 cm³/mol. The van der Waals surface area contributed by atoms with Crippen LogP contribution in [0.1, 0.15) is 19.8 Å². The van der Waals surface area contributed by atoms with Gasteiger partial charge in [0.05, 0.1) is 11.4 Å². The molecule has 0 bridgehead atoms. The average molecular weight is 250 g/mol. The van der Waals surface area contributed by atoms with E-state index < -0.39 is 0 Å². The number of nitrogens with two attached hydrogens (primary N) is 1. The summed E-state index contributed by atoms with van der Waals surface area (Å²) < 4.78 is 0.144. The van der Waals surface area contributed by atoms with Crippen molar-refractivity contribution >= 4 is 29.0 Å². The Labute approximate surface area is 105 Å². The molecule has 90 valence electrons. The number of carbonyl (C=O) groups is 1. The normalized spacial score (nSPS) is 24.9. The smallest absolute Gasteiger partial charge is 0.313 e. The number of amides is 1. The van der Waals surface area contributed by atoms with E-state index in [1.165, 1.54) is 11.8 Å². The number of unbranched alkanes of at least 4 members (excludes halogenated alkanes) is 1. The van der Waals surface area contributed by atoms with Crippen molar-refractivity contribution in [3.8, 4) is 0 Å². The van der Waals surface area contributed by atoms with E-state index in [0.29, 0.717) is 5.17 Å². The highest BCUT2D eigenvalue weighted by Crippen LogP contribution is 2.44. The second-order valence-electron chi connectivity index (χ2n) is 4.03. The standard InChI is InChI=1S/C12H16N3OS/c1-2-3-8-15(9-16)10-6-4-5-7-11(10)17-12(15)14-13/h4-7,9H,2-3,8,13H2,1H3/q+1. The minimum absolute atomic E-state index is 0.144. The molecule has 1 amide bonds. The Morgan fingerprint density at radius 2 is 2.24 bits per heavy atom. The third kappa shape index (κ3) is 1.85. The van der Waals surface area contributed by atoms with Crippen molar-refractivity contribution in [3.05, 3.63) is 24.3 Å². The van der Waals surface area contributed by atoms with Crippen LogP contribution in [0.3, 0.4) is 0 Å². The summed E-state index contributed by atoms with van der Waals surface area (Å²) >= 11 is 1.48. The molecule has 0 fully saturated rings. The molecule has 1 aromatic rings. The molecule has 0 spiro atoms. The van der Waals surface area contributed by atoms with Crippen LogP contribution in [-0.4, -0.2) is 18.1 Å². The molecule has 4 nitrogen and oxygen atoms in total. The Balaban J connectivity index is 2.50. The molecular weight excluding hydrogens is 234 g/mol. The van der Waals surface area contributed by atoms with Crippen LogP contribution in [0, 0.1) is 0 Å². The monoisotopic (exact) mass is 250 g/mol. The molecule has 0 radical (unpaired) electrons. The molecule has 0 saturated carbocycles. The average Bonchev–Trinajstić information content (AvgIpc) is 2.70. The largest absolute Gasteiger partial charge is 0.317 e. The number of hydrazone groups is 1. The highest BCUT2D eigenvalue weighted by Gasteiger charge is 2.45. The van der Waals surface area contributed by atoms with Crippen molar-refractivity contribution in [2.24, 2.45) is 10.9 Å². The lowest BCUT2D eigenvalue weighted by molar-refractivity contribution is -0.114. The number of hydrogen-bond acceptors (Lipinski definition) is 4. The summed E-state index contributed by atoms with van der Waals surface area (Å²) in [6.07, 6.45) is 2.95. The van der Waals surface area contributed by atoms with Crippen molar-refractivity contribution in [1.82, 2.24) is 4.48 Å². The van der Waals surface area contributed by atoms with E-state index in [1.807, 2.05) is 24.3 Å². The Hall–Kier alpha value is -1.33. The highest BCUT2D eigenvalue weighted by atomic mass is 32.2. The molecule has 5 heteroatoms. The molecule has 17 heavy (non-hydrogen) atoms. The quantitative estimate of drug-likeness (QED) is 0.386. The van der Waals surface area contributed by atoms with Gasteiger partial charge in [0.25, 0.3) is 5.17 Å². The van der Waals surface area contributed by atoms with Crippen molar-refractivity contribution in [1.29, 1.82) is 0 Å². The predicted octanol–water partition coefficient (Wildman–Crippen LogP) is 2.29. The first-order valence-electron chi connectivity index (χ1n) is 5.68. The third-order valence-corrected chi connectivity index (χ3v) is 4.17. The number of hydrogen-bond donors (Lipinski definition) is 1. The number of fused-ring (bicyclic) bond motifs is 1. The van der Waals surface area contributed by atoms with Crippen LogP contribution >= 0.6 is 11.8 Å². The van der Waals surface area contributed by atoms with Crippen LogP contribution in [-0.2, 0) is 4.79 Å². The first kappa shape index (κ1) is 12.1.